The zero-order valence-electron chi connectivity index (χ0n) is 30.0. The number of hydrogen-bond donors (Lipinski definition) is 4. The fourth-order valence-electron chi connectivity index (χ4n) is 5.69. The third kappa shape index (κ3) is 34.4. The van der Waals surface area contributed by atoms with Crippen LogP contribution >= 0.6 is 7.82 Å². The number of nitrogens with one attached hydrogen (secondary N) is 1. The van der Waals surface area contributed by atoms with Crippen LogP contribution in [0.25, 0.3) is 0 Å². The van der Waals surface area contributed by atoms with Gasteiger partial charge in [0.05, 0.1) is 18.8 Å². The van der Waals surface area contributed by atoms with Crippen LogP contribution in [0.4, 0.5) is 0 Å². The lowest BCUT2D eigenvalue weighted by atomic mass is 10.0. The van der Waals surface area contributed by atoms with Gasteiger partial charge in [-0.05, 0) is 44.9 Å². The average Bonchev–Trinajstić information content (AvgIpc) is 3.02. The van der Waals surface area contributed by atoms with Crippen LogP contribution in [0, 0.1) is 0 Å². The van der Waals surface area contributed by atoms with Crippen molar-refractivity contribution in [2.24, 2.45) is 0 Å². The van der Waals surface area contributed by atoms with E-state index in [4.69, 9.17) is 9.79 Å². The lowest BCUT2D eigenvalue weighted by Crippen LogP contribution is -2.45. The van der Waals surface area contributed by atoms with E-state index < -0.39 is 26.6 Å². The van der Waals surface area contributed by atoms with Gasteiger partial charge in [0.15, 0.2) is 0 Å². The minimum Gasteiger partial charge on any atom is -0.387 e. The Balaban J connectivity index is 3.88. The van der Waals surface area contributed by atoms with Crippen LogP contribution in [0.15, 0.2) is 24.3 Å². The number of carbonyl (C=O) groups excluding carboxylic acids is 1. The van der Waals surface area contributed by atoms with Crippen molar-refractivity contribution in [3.8, 4) is 0 Å². The van der Waals surface area contributed by atoms with Gasteiger partial charge in [0.1, 0.15) is 0 Å². The molecular weight excluding hydrogens is 597 g/mol. The zero-order chi connectivity index (χ0) is 34.0. The number of allylic oxidation sites excluding steroid dienone is 3. The minimum atomic E-state index is -4.70. The summed E-state index contributed by atoms with van der Waals surface area (Å²) in [7, 11) is -4.70. The Morgan fingerprint density at radius 2 is 0.978 bits per heavy atom. The first-order valence-electron chi connectivity index (χ1n) is 19.3. The molecule has 0 bridgehead atoms. The van der Waals surface area contributed by atoms with Crippen molar-refractivity contribution in [1.29, 1.82) is 0 Å². The molecule has 7 nitrogen and oxygen atoms in total. The van der Waals surface area contributed by atoms with E-state index in [0.29, 0.717) is 6.42 Å². The van der Waals surface area contributed by atoms with E-state index in [-0.39, 0.29) is 5.91 Å². The van der Waals surface area contributed by atoms with Crippen LogP contribution in [0.5, 0.6) is 0 Å². The highest BCUT2D eigenvalue weighted by molar-refractivity contribution is 7.46. The van der Waals surface area contributed by atoms with Crippen LogP contribution in [0.1, 0.15) is 194 Å². The Morgan fingerprint density at radius 3 is 1.39 bits per heavy atom. The van der Waals surface area contributed by atoms with Crippen LogP contribution < -0.4 is 5.32 Å². The molecule has 0 aliphatic rings. The highest BCUT2D eigenvalue weighted by Gasteiger charge is 2.24. The van der Waals surface area contributed by atoms with Gasteiger partial charge in [0, 0.05) is 6.42 Å². The maximum Gasteiger partial charge on any atom is 0.469 e. The molecule has 8 heteroatoms. The van der Waals surface area contributed by atoms with E-state index in [9.17, 15) is 14.5 Å². The number of phosphoric ester groups is 1. The molecule has 2 atom stereocenters. The number of carbonyl (C=O) groups is 1. The number of aliphatic hydroxyl groups excluding tert-OH is 1. The Morgan fingerprint density at radius 1 is 0.609 bits per heavy atom. The highest BCUT2D eigenvalue weighted by atomic mass is 31.2. The van der Waals surface area contributed by atoms with E-state index in [0.717, 1.165) is 38.5 Å². The van der Waals surface area contributed by atoms with E-state index in [1.807, 2.05) is 6.08 Å². The van der Waals surface area contributed by atoms with Gasteiger partial charge in [-0.15, -0.1) is 0 Å². The fraction of sp³-hybridized carbons (Fsp3) is 0.868. The number of amides is 1. The van der Waals surface area contributed by atoms with E-state index in [2.05, 4.69) is 35.8 Å². The molecule has 272 valence electrons. The summed E-state index contributed by atoms with van der Waals surface area (Å²) in [6.45, 7) is 4.03. The standard InChI is InChI=1S/C38H74NO6P/c1-3-5-7-9-11-13-14-15-16-17-18-19-20-21-22-23-24-26-28-30-32-34-38(41)39-36(35-45-46(42,43)44)37(40)33-31-29-27-25-12-10-8-6-4-2/h15-16,31,33,36-37,40H,3-14,17-30,32,34-35H2,1-2H3,(H,39,41)(H2,42,43,44)/b16-15+,33-31+/t36-,37+/m0/s1. The van der Waals surface area contributed by atoms with Gasteiger partial charge in [-0.3, -0.25) is 9.32 Å². The van der Waals surface area contributed by atoms with Crippen LogP contribution in [-0.2, 0) is 13.9 Å². The summed E-state index contributed by atoms with van der Waals surface area (Å²) in [5, 5.41) is 13.3. The van der Waals surface area contributed by atoms with E-state index >= 15 is 0 Å². The summed E-state index contributed by atoms with van der Waals surface area (Å²) in [6.07, 6.45) is 40.7. The smallest absolute Gasteiger partial charge is 0.387 e. The number of hydrogen-bond acceptors (Lipinski definition) is 4. The van der Waals surface area contributed by atoms with Gasteiger partial charge < -0.3 is 20.2 Å². The van der Waals surface area contributed by atoms with Crippen molar-refractivity contribution < 1.29 is 28.8 Å². The predicted octanol–water partition coefficient (Wildman–Crippen LogP) is 11.0. The van der Waals surface area contributed by atoms with Gasteiger partial charge >= 0.3 is 7.82 Å². The molecule has 0 fully saturated rings. The molecule has 0 heterocycles. The zero-order valence-corrected chi connectivity index (χ0v) is 30.9. The maximum atomic E-state index is 12.5. The molecule has 0 saturated carbocycles. The number of phosphoric acid groups is 1. The summed E-state index contributed by atoms with van der Waals surface area (Å²) in [6, 6.07) is -0.906. The monoisotopic (exact) mass is 672 g/mol. The Bertz CT molecular complexity index is 768. The van der Waals surface area contributed by atoms with Crippen molar-refractivity contribution >= 4 is 13.7 Å². The molecule has 0 aromatic rings. The first-order valence-corrected chi connectivity index (χ1v) is 20.8. The molecule has 4 N–H and O–H groups in total. The van der Waals surface area contributed by atoms with Crippen LogP contribution in [-0.4, -0.2) is 39.6 Å². The van der Waals surface area contributed by atoms with Gasteiger partial charge in [0.2, 0.25) is 5.91 Å². The van der Waals surface area contributed by atoms with Gasteiger partial charge in [0.25, 0.3) is 0 Å². The summed E-state index contributed by atoms with van der Waals surface area (Å²) in [5.41, 5.74) is 0. The molecule has 1 amide bonds. The van der Waals surface area contributed by atoms with Crippen molar-refractivity contribution in [2.45, 2.75) is 206 Å². The van der Waals surface area contributed by atoms with Gasteiger partial charge in [-0.25, -0.2) is 4.57 Å². The molecule has 0 aromatic carbocycles. The maximum absolute atomic E-state index is 12.5. The normalized spacial score (nSPS) is 13.6. The Labute approximate surface area is 284 Å². The number of aliphatic hydroxyl groups is 1. The summed E-state index contributed by atoms with van der Waals surface area (Å²) >= 11 is 0. The minimum absolute atomic E-state index is 0.230. The third-order valence-corrected chi connectivity index (χ3v) is 9.14. The van der Waals surface area contributed by atoms with E-state index in [1.165, 1.54) is 135 Å². The molecule has 0 saturated heterocycles. The molecule has 46 heavy (non-hydrogen) atoms. The third-order valence-electron chi connectivity index (χ3n) is 8.65. The fourth-order valence-corrected chi connectivity index (χ4v) is 6.04. The van der Waals surface area contributed by atoms with Gasteiger partial charge in [-0.2, -0.15) is 0 Å². The molecule has 0 rings (SSSR count). The molecule has 0 aliphatic heterocycles. The van der Waals surface area contributed by atoms with Crippen LogP contribution in [0.3, 0.4) is 0 Å². The number of rotatable bonds is 35. The summed E-state index contributed by atoms with van der Waals surface area (Å²) < 4.78 is 15.8. The predicted molar refractivity (Wildman–Crippen MR) is 195 cm³/mol. The lowest BCUT2D eigenvalue weighted by molar-refractivity contribution is -0.123. The van der Waals surface area contributed by atoms with Gasteiger partial charge in [-0.1, -0.05) is 167 Å². The molecule has 0 unspecified atom stereocenters. The highest BCUT2D eigenvalue weighted by Crippen LogP contribution is 2.35. The van der Waals surface area contributed by atoms with Crippen molar-refractivity contribution in [3.63, 3.8) is 0 Å². The molecule has 0 radical (unpaired) electrons. The largest absolute Gasteiger partial charge is 0.469 e. The average molecular weight is 672 g/mol. The quantitative estimate of drug-likeness (QED) is 0.0303. The topological polar surface area (TPSA) is 116 Å². The first kappa shape index (κ1) is 45.0. The summed E-state index contributed by atoms with van der Waals surface area (Å²) in [4.78, 5) is 30.7. The molecule has 0 spiro atoms. The van der Waals surface area contributed by atoms with Crippen molar-refractivity contribution in [3.05, 3.63) is 24.3 Å². The van der Waals surface area contributed by atoms with Crippen molar-refractivity contribution in [2.75, 3.05) is 6.61 Å². The van der Waals surface area contributed by atoms with E-state index in [1.54, 1.807) is 6.08 Å². The van der Waals surface area contributed by atoms with Crippen LogP contribution in [0.2, 0.25) is 0 Å². The molecule has 0 aromatic heterocycles. The second-order valence-corrected chi connectivity index (χ2v) is 14.5. The van der Waals surface area contributed by atoms with Crippen molar-refractivity contribution in [1.82, 2.24) is 5.32 Å². The number of unbranched alkanes of at least 4 members (excludes halogenated alkanes) is 24. The second kappa shape index (κ2) is 33.9. The Hall–Kier alpha value is -0.980. The molecular formula is C38H74NO6P. The molecule has 0 aliphatic carbocycles. The summed E-state index contributed by atoms with van der Waals surface area (Å²) in [5.74, 6) is -0.230. The first-order chi connectivity index (χ1) is 22.3. The lowest BCUT2D eigenvalue weighted by Gasteiger charge is -2.22. The Kier molecular flexibility index (Phi) is 33.2. The SMILES string of the molecule is CCCCCCCC/C=C/CCCCCCCCCCCCCC(=O)N[C@@H](COP(=O)(O)O)[C@H](O)/C=C/CCCCCCCCC. The second-order valence-electron chi connectivity index (χ2n) is 13.2.